The van der Waals surface area contributed by atoms with E-state index in [0.717, 1.165) is 23.3 Å². The van der Waals surface area contributed by atoms with Crippen LogP contribution in [-0.2, 0) is 6.54 Å². The van der Waals surface area contributed by atoms with Gasteiger partial charge in [0.05, 0.1) is 0 Å². The number of halogens is 1. The first kappa shape index (κ1) is 13.1. The Hall–Kier alpha value is -1.35. The molecule has 2 nitrogen and oxygen atoms in total. The van der Waals surface area contributed by atoms with Crippen molar-refractivity contribution in [3.8, 4) is 5.75 Å². The highest BCUT2D eigenvalue weighted by Gasteiger charge is 2.20. The van der Waals surface area contributed by atoms with Gasteiger partial charge in [-0.2, -0.15) is 0 Å². The van der Waals surface area contributed by atoms with Crippen molar-refractivity contribution in [3.63, 3.8) is 0 Å². The Morgan fingerprint density at radius 1 is 1.50 bits per heavy atom. The van der Waals surface area contributed by atoms with Crippen molar-refractivity contribution in [1.82, 2.24) is 5.32 Å². The maximum Gasteiger partial charge on any atom is 0.124 e. The van der Waals surface area contributed by atoms with E-state index in [9.17, 15) is 4.39 Å². The van der Waals surface area contributed by atoms with E-state index in [1.54, 1.807) is 12.1 Å². The second-order valence-corrected chi connectivity index (χ2v) is 4.80. The van der Waals surface area contributed by atoms with Crippen molar-refractivity contribution in [2.45, 2.75) is 38.8 Å². The molecule has 1 fully saturated rings. The van der Waals surface area contributed by atoms with Crippen LogP contribution in [0.25, 0.3) is 0 Å². The fraction of sp³-hybridized carbons (Fsp3) is 0.467. The van der Waals surface area contributed by atoms with Crippen LogP contribution in [0.5, 0.6) is 5.75 Å². The SMILES string of the molecule is C=C(CC)COc1ccc(F)cc1CNC1CC1. The van der Waals surface area contributed by atoms with Crippen LogP contribution < -0.4 is 10.1 Å². The highest BCUT2D eigenvalue weighted by molar-refractivity contribution is 5.34. The normalized spacial score (nSPS) is 14.6. The van der Waals surface area contributed by atoms with Crippen LogP contribution in [0, 0.1) is 5.82 Å². The molecule has 1 aliphatic rings. The molecule has 1 N–H and O–H groups in total. The Bertz CT molecular complexity index is 427. The van der Waals surface area contributed by atoms with E-state index in [1.165, 1.54) is 18.9 Å². The molecular formula is C15H20FNO. The zero-order chi connectivity index (χ0) is 13.0. The number of hydrogen-bond donors (Lipinski definition) is 1. The average Bonchev–Trinajstić information content (AvgIpc) is 3.18. The van der Waals surface area contributed by atoms with Crippen LogP contribution in [0.15, 0.2) is 30.4 Å². The minimum atomic E-state index is -0.218. The summed E-state index contributed by atoms with van der Waals surface area (Å²) in [6.45, 7) is 7.11. The Morgan fingerprint density at radius 3 is 2.94 bits per heavy atom. The third-order valence-corrected chi connectivity index (χ3v) is 3.11. The first-order chi connectivity index (χ1) is 8.69. The predicted octanol–water partition coefficient (Wildman–Crippen LogP) is 3.42. The third-order valence-electron chi connectivity index (χ3n) is 3.11. The lowest BCUT2D eigenvalue weighted by atomic mass is 10.2. The van der Waals surface area contributed by atoms with Gasteiger partial charge in [-0.1, -0.05) is 13.5 Å². The minimum Gasteiger partial charge on any atom is -0.489 e. The number of rotatable bonds is 7. The molecule has 0 spiro atoms. The third kappa shape index (κ3) is 3.84. The van der Waals surface area contributed by atoms with Crippen LogP contribution in [0.1, 0.15) is 31.7 Å². The first-order valence-electron chi connectivity index (χ1n) is 6.50. The molecule has 1 aromatic rings. The molecule has 1 aliphatic carbocycles. The molecule has 2 rings (SSSR count). The van der Waals surface area contributed by atoms with Crippen molar-refractivity contribution < 1.29 is 9.13 Å². The van der Waals surface area contributed by atoms with Crippen molar-refractivity contribution in [3.05, 3.63) is 41.7 Å². The van der Waals surface area contributed by atoms with Crippen LogP contribution in [0.3, 0.4) is 0 Å². The molecule has 18 heavy (non-hydrogen) atoms. The summed E-state index contributed by atoms with van der Waals surface area (Å²) in [6, 6.07) is 5.28. The lowest BCUT2D eigenvalue weighted by Crippen LogP contribution is -2.16. The molecule has 98 valence electrons. The zero-order valence-electron chi connectivity index (χ0n) is 10.8. The van der Waals surface area contributed by atoms with E-state index < -0.39 is 0 Å². The van der Waals surface area contributed by atoms with Gasteiger partial charge in [-0.15, -0.1) is 0 Å². The number of benzene rings is 1. The summed E-state index contributed by atoms with van der Waals surface area (Å²) in [5, 5.41) is 3.37. The van der Waals surface area contributed by atoms with E-state index in [0.29, 0.717) is 19.2 Å². The van der Waals surface area contributed by atoms with Crippen molar-refractivity contribution in [2.75, 3.05) is 6.61 Å². The van der Waals surface area contributed by atoms with Crippen LogP contribution in [0.4, 0.5) is 4.39 Å². The van der Waals surface area contributed by atoms with E-state index in [2.05, 4.69) is 11.9 Å². The summed E-state index contributed by atoms with van der Waals surface area (Å²) < 4.78 is 18.9. The highest BCUT2D eigenvalue weighted by Crippen LogP contribution is 2.23. The number of hydrogen-bond acceptors (Lipinski definition) is 2. The van der Waals surface area contributed by atoms with Crippen LogP contribution in [-0.4, -0.2) is 12.6 Å². The van der Waals surface area contributed by atoms with E-state index >= 15 is 0 Å². The van der Waals surface area contributed by atoms with Crippen molar-refractivity contribution in [2.24, 2.45) is 0 Å². The molecule has 1 aromatic carbocycles. The van der Waals surface area contributed by atoms with Gasteiger partial charge in [-0.25, -0.2) is 4.39 Å². The summed E-state index contributed by atoms with van der Waals surface area (Å²) in [7, 11) is 0. The largest absolute Gasteiger partial charge is 0.489 e. The van der Waals surface area contributed by atoms with Gasteiger partial charge < -0.3 is 10.1 Å². The summed E-state index contributed by atoms with van der Waals surface area (Å²) in [5.74, 6) is 0.531. The summed E-state index contributed by atoms with van der Waals surface area (Å²) >= 11 is 0. The molecule has 3 heteroatoms. The molecule has 0 bridgehead atoms. The lowest BCUT2D eigenvalue weighted by molar-refractivity contribution is 0.343. The molecule has 0 aromatic heterocycles. The van der Waals surface area contributed by atoms with Gasteiger partial charge in [0, 0.05) is 18.2 Å². The molecule has 0 atom stereocenters. The van der Waals surface area contributed by atoms with Crippen molar-refractivity contribution in [1.29, 1.82) is 0 Å². The Balaban J connectivity index is 1.99. The van der Waals surface area contributed by atoms with Crippen molar-refractivity contribution >= 4 is 0 Å². The van der Waals surface area contributed by atoms with E-state index in [4.69, 9.17) is 4.74 Å². The molecule has 0 heterocycles. The Labute approximate surface area is 108 Å². The Morgan fingerprint density at radius 2 is 2.28 bits per heavy atom. The topological polar surface area (TPSA) is 21.3 Å². The average molecular weight is 249 g/mol. The predicted molar refractivity (Wildman–Crippen MR) is 71.2 cm³/mol. The molecule has 1 saturated carbocycles. The van der Waals surface area contributed by atoms with Gasteiger partial charge in [0.25, 0.3) is 0 Å². The maximum atomic E-state index is 13.3. The fourth-order valence-corrected chi connectivity index (χ4v) is 1.65. The fourth-order valence-electron chi connectivity index (χ4n) is 1.65. The summed E-state index contributed by atoms with van der Waals surface area (Å²) in [6.07, 6.45) is 3.34. The number of nitrogens with one attached hydrogen (secondary N) is 1. The van der Waals surface area contributed by atoms with Crippen LogP contribution >= 0.6 is 0 Å². The monoisotopic (exact) mass is 249 g/mol. The van der Waals surface area contributed by atoms with E-state index in [-0.39, 0.29) is 5.82 Å². The van der Waals surface area contributed by atoms with Gasteiger partial charge in [-0.05, 0) is 43.0 Å². The van der Waals surface area contributed by atoms with Gasteiger partial charge in [0.15, 0.2) is 0 Å². The van der Waals surface area contributed by atoms with Gasteiger partial charge >= 0.3 is 0 Å². The minimum absolute atomic E-state index is 0.218. The van der Waals surface area contributed by atoms with Gasteiger partial charge in [-0.3, -0.25) is 0 Å². The smallest absolute Gasteiger partial charge is 0.124 e. The lowest BCUT2D eigenvalue weighted by Gasteiger charge is -2.13. The summed E-state index contributed by atoms with van der Waals surface area (Å²) in [4.78, 5) is 0. The molecule has 0 aliphatic heterocycles. The van der Waals surface area contributed by atoms with Gasteiger partial charge in [0.2, 0.25) is 0 Å². The number of ether oxygens (including phenoxy) is 1. The highest BCUT2D eigenvalue weighted by atomic mass is 19.1. The molecule has 0 unspecified atom stereocenters. The Kier molecular flexibility index (Phi) is 4.37. The molecule has 0 radical (unpaired) electrons. The molecular weight excluding hydrogens is 229 g/mol. The quantitative estimate of drug-likeness (QED) is 0.748. The summed E-state index contributed by atoms with van der Waals surface area (Å²) in [5.41, 5.74) is 1.92. The first-order valence-corrected chi connectivity index (χ1v) is 6.50. The van der Waals surface area contributed by atoms with Gasteiger partial charge in [0.1, 0.15) is 18.2 Å². The molecule has 0 amide bonds. The zero-order valence-corrected chi connectivity index (χ0v) is 10.8. The molecule has 0 saturated heterocycles. The van der Waals surface area contributed by atoms with E-state index in [1.807, 2.05) is 6.92 Å². The second-order valence-electron chi connectivity index (χ2n) is 4.80. The second kappa shape index (κ2) is 6.01. The van der Waals surface area contributed by atoms with Crippen LogP contribution in [0.2, 0.25) is 0 Å². The standard InChI is InChI=1S/C15H20FNO/c1-3-11(2)10-18-15-7-4-13(16)8-12(15)9-17-14-5-6-14/h4,7-8,14,17H,2-3,5-6,9-10H2,1H3. The maximum absolute atomic E-state index is 13.3.